The van der Waals surface area contributed by atoms with Crippen molar-refractivity contribution in [3.8, 4) is 0 Å². The number of aromatic nitrogens is 3. The zero-order valence-corrected chi connectivity index (χ0v) is 7.33. The van der Waals surface area contributed by atoms with E-state index >= 15 is 0 Å². The van der Waals surface area contributed by atoms with Crippen molar-refractivity contribution in [3.05, 3.63) is 17.5 Å². The van der Waals surface area contributed by atoms with Crippen LogP contribution in [0.25, 0.3) is 11.0 Å². The van der Waals surface area contributed by atoms with Gasteiger partial charge in [0.1, 0.15) is 5.69 Å². The third kappa shape index (κ3) is 1.00. The second kappa shape index (κ2) is 2.35. The van der Waals surface area contributed by atoms with Gasteiger partial charge in [0.25, 0.3) is 0 Å². The number of hydrogen-bond acceptors (Lipinski definition) is 2. The van der Waals surface area contributed by atoms with Crippen molar-refractivity contribution in [1.29, 1.82) is 0 Å². The molecule has 2 rings (SSSR count). The molecule has 0 aliphatic rings. The summed E-state index contributed by atoms with van der Waals surface area (Å²) < 4.78 is 1.66. The lowest BCUT2D eigenvalue weighted by atomic mass is 10.4. The number of aromatic amines is 1. The Hall–Kier alpha value is -1.78. The standard InChI is InChI=1S/C8H9N3O2/c1-4-7-6(11(2)10-4)3-5(9-7)8(12)13/h3,9H,1-2H3,(H,12,13). The van der Waals surface area contributed by atoms with Gasteiger partial charge < -0.3 is 10.1 Å². The zero-order chi connectivity index (χ0) is 9.59. The van der Waals surface area contributed by atoms with Crippen LogP contribution < -0.4 is 0 Å². The fourth-order valence-corrected chi connectivity index (χ4v) is 1.42. The fourth-order valence-electron chi connectivity index (χ4n) is 1.42. The summed E-state index contributed by atoms with van der Waals surface area (Å²) in [4.78, 5) is 13.4. The van der Waals surface area contributed by atoms with Crippen LogP contribution in [0, 0.1) is 6.92 Å². The average Bonchev–Trinajstić information content (AvgIpc) is 2.55. The summed E-state index contributed by atoms with van der Waals surface area (Å²) in [7, 11) is 1.79. The third-order valence-corrected chi connectivity index (χ3v) is 2.04. The first-order valence-corrected chi connectivity index (χ1v) is 3.85. The largest absolute Gasteiger partial charge is 0.477 e. The summed E-state index contributed by atoms with van der Waals surface area (Å²) in [5.41, 5.74) is 2.62. The highest BCUT2D eigenvalue weighted by Gasteiger charge is 2.12. The molecule has 5 nitrogen and oxygen atoms in total. The smallest absolute Gasteiger partial charge is 0.352 e. The van der Waals surface area contributed by atoms with Gasteiger partial charge in [-0.3, -0.25) is 4.68 Å². The minimum Gasteiger partial charge on any atom is -0.477 e. The van der Waals surface area contributed by atoms with E-state index in [1.165, 1.54) is 0 Å². The van der Waals surface area contributed by atoms with Gasteiger partial charge in [0, 0.05) is 7.05 Å². The van der Waals surface area contributed by atoms with Crippen LogP contribution in [-0.4, -0.2) is 25.8 Å². The van der Waals surface area contributed by atoms with E-state index < -0.39 is 5.97 Å². The van der Waals surface area contributed by atoms with Crippen LogP contribution in [0.5, 0.6) is 0 Å². The summed E-state index contributed by atoms with van der Waals surface area (Å²) in [6.07, 6.45) is 0. The third-order valence-electron chi connectivity index (χ3n) is 2.04. The minimum absolute atomic E-state index is 0.200. The molecule has 0 amide bonds. The Labute approximate surface area is 74.0 Å². The SMILES string of the molecule is Cc1nn(C)c2cc(C(=O)O)[nH]c12. The highest BCUT2D eigenvalue weighted by atomic mass is 16.4. The molecule has 0 unspecified atom stereocenters. The fraction of sp³-hybridized carbons (Fsp3) is 0.250. The maximum Gasteiger partial charge on any atom is 0.352 e. The number of nitrogens with zero attached hydrogens (tertiary/aromatic N) is 2. The molecule has 2 aromatic heterocycles. The van der Waals surface area contributed by atoms with Gasteiger partial charge in [0.15, 0.2) is 0 Å². The van der Waals surface area contributed by atoms with E-state index in [-0.39, 0.29) is 5.69 Å². The Bertz CT molecular complexity index is 446. The number of aromatic carboxylic acids is 1. The van der Waals surface area contributed by atoms with Gasteiger partial charge in [-0.15, -0.1) is 0 Å². The molecule has 0 aliphatic heterocycles. The van der Waals surface area contributed by atoms with E-state index in [1.54, 1.807) is 17.8 Å². The Morgan fingerprint density at radius 1 is 1.69 bits per heavy atom. The van der Waals surface area contributed by atoms with E-state index in [1.807, 2.05) is 6.92 Å². The molecule has 0 radical (unpaired) electrons. The maximum absolute atomic E-state index is 10.6. The topological polar surface area (TPSA) is 70.9 Å². The zero-order valence-electron chi connectivity index (χ0n) is 7.33. The van der Waals surface area contributed by atoms with E-state index in [0.717, 1.165) is 16.7 Å². The van der Waals surface area contributed by atoms with Crippen molar-refractivity contribution in [1.82, 2.24) is 14.8 Å². The van der Waals surface area contributed by atoms with Crippen molar-refractivity contribution in [2.45, 2.75) is 6.92 Å². The summed E-state index contributed by atoms with van der Waals surface area (Å²) in [6.45, 7) is 1.84. The molecule has 0 atom stereocenters. The molecule has 0 aliphatic carbocycles. The Morgan fingerprint density at radius 2 is 2.38 bits per heavy atom. The average molecular weight is 179 g/mol. The lowest BCUT2D eigenvalue weighted by Crippen LogP contribution is -1.96. The lowest BCUT2D eigenvalue weighted by Gasteiger charge is -1.87. The number of hydrogen-bond donors (Lipinski definition) is 2. The van der Waals surface area contributed by atoms with Gasteiger partial charge in [-0.25, -0.2) is 4.79 Å². The summed E-state index contributed by atoms with van der Waals surface area (Å²) in [6, 6.07) is 1.58. The predicted molar refractivity (Wildman–Crippen MR) is 46.8 cm³/mol. The minimum atomic E-state index is -0.949. The lowest BCUT2D eigenvalue weighted by molar-refractivity contribution is 0.0691. The van der Waals surface area contributed by atoms with Crippen LogP contribution in [0.2, 0.25) is 0 Å². The predicted octanol–water partition coefficient (Wildman–Crippen LogP) is 0.908. The molecule has 0 aromatic carbocycles. The second-order valence-electron chi connectivity index (χ2n) is 2.96. The first kappa shape index (κ1) is 7.85. The first-order chi connectivity index (χ1) is 6.09. The number of aryl methyl sites for hydroxylation is 2. The van der Waals surface area contributed by atoms with E-state index in [2.05, 4.69) is 10.1 Å². The van der Waals surface area contributed by atoms with Crippen LogP contribution in [0.1, 0.15) is 16.2 Å². The first-order valence-electron chi connectivity index (χ1n) is 3.85. The molecule has 0 spiro atoms. The van der Waals surface area contributed by atoms with E-state index in [9.17, 15) is 4.79 Å². The maximum atomic E-state index is 10.6. The molecule has 68 valence electrons. The molecule has 0 bridgehead atoms. The number of rotatable bonds is 1. The van der Waals surface area contributed by atoms with Crippen LogP contribution in [0.3, 0.4) is 0 Å². The van der Waals surface area contributed by atoms with E-state index in [4.69, 9.17) is 5.11 Å². The molecule has 13 heavy (non-hydrogen) atoms. The number of carboxylic acids is 1. The Morgan fingerprint density at radius 3 is 2.92 bits per heavy atom. The molecule has 0 fully saturated rings. The number of H-pyrrole nitrogens is 1. The quantitative estimate of drug-likeness (QED) is 0.683. The van der Waals surface area contributed by atoms with Crippen molar-refractivity contribution in [2.75, 3.05) is 0 Å². The van der Waals surface area contributed by atoms with Crippen molar-refractivity contribution >= 4 is 17.0 Å². The normalized spacial score (nSPS) is 10.9. The van der Waals surface area contributed by atoms with Gasteiger partial charge >= 0.3 is 5.97 Å². The van der Waals surface area contributed by atoms with Gasteiger partial charge in [0.2, 0.25) is 0 Å². The van der Waals surface area contributed by atoms with Gasteiger partial charge in [-0.1, -0.05) is 0 Å². The van der Waals surface area contributed by atoms with Crippen LogP contribution >= 0.6 is 0 Å². The highest BCUT2D eigenvalue weighted by Crippen LogP contribution is 2.17. The van der Waals surface area contributed by atoms with E-state index in [0.29, 0.717) is 0 Å². The molecule has 0 saturated carbocycles. The summed E-state index contributed by atoms with van der Waals surface area (Å²) in [5, 5.41) is 12.9. The molecule has 2 N–H and O–H groups in total. The number of carboxylic acid groups (broad SMARTS) is 1. The van der Waals surface area contributed by atoms with Gasteiger partial charge in [-0.2, -0.15) is 5.10 Å². The Balaban J connectivity index is 2.76. The molecular formula is C8H9N3O2. The summed E-state index contributed by atoms with van der Waals surface area (Å²) >= 11 is 0. The van der Waals surface area contributed by atoms with Crippen molar-refractivity contribution in [2.24, 2.45) is 7.05 Å². The van der Waals surface area contributed by atoms with Crippen molar-refractivity contribution < 1.29 is 9.90 Å². The Kier molecular flexibility index (Phi) is 1.42. The van der Waals surface area contributed by atoms with Crippen molar-refractivity contribution in [3.63, 3.8) is 0 Å². The van der Waals surface area contributed by atoms with Crippen LogP contribution in [-0.2, 0) is 7.05 Å². The number of fused-ring (bicyclic) bond motifs is 1. The molecular weight excluding hydrogens is 170 g/mol. The van der Waals surface area contributed by atoms with Crippen LogP contribution in [0.4, 0.5) is 0 Å². The highest BCUT2D eigenvalue weighted by molar-refractivity contribution is 5.93. The second-order valence-corrected chi connectivity index (χ2v) is 2.96. The van der Waals surface area contributed by atoms with Crippen LogP contribution in [0.15, 0.2) is 6.07 Å². The number of carbonyl (C=O) groups is 1. The molecule has 5 heteroatoms. The number of nitrogens with one attached hydrogen (secondary N) is 1. The molecule has 2 aromatic rings. The van der Waals surface area contributed by atoms with Gasteiger partial charge in [-0.05, 0) is 13.0 Å². The molecule has 0 saturated heterocycles. The monoisotopic (exact) mass is 179 g/mol. The van der Waals surface area contributed by atoms with Gasteiger partial charge in [0.05, 0.1) is 16.7 Å². The summed E-state index contributed by atoms with van der Waals surface area (Å²) in [5.74, 6) is -0.949. The molecule has 2 heterocycles.